The van der Waals surface area contributed by atoms with E-state index in [1.165, 1.54) is 4.88 Å². The van der Waals surface area contributed by atoms with Gasteiger partial charge < -0.3 is 4.80 Å². The lowest BCUT2D eigenvalue weighted by Gasteiger charge is -2.35. The van der Waals surface area contributed by atoms with E-state index in [1.54, 1.807) is 11.3 Å². The van der Waals surface area contributed by atoms with Crippen LogP contribution in [-0.4, -0.2) is 33.8 Å². The molecule has 1 heterocycles. The predicted octanol–water partition coefficient (Wildman–Crippen LogP) is -0.430. The van der Waals surface area contributed by atoms with Gasteiger partial charge in [0.1, 0.15) is 0 Å². The van der Waals surface area contributed by atoms with Crippen molar-refractivity contribution in [2.24, 2.45) is 0 Å². The molecule has 0 aromatic carbocycles. The Hall–Kier alpha value is -0.0632. The lowest BCUT2D eigenvalue weighted by molar-refractivity contribution is 0.452. The molecule has 0 fully saturated rings. The molecule has 2 nitrogen and oxygen atoms in total. The van der Waals surface area contributed by atoms with Crippen molar-refractivity contribution in [1.82, 2.24) is 4.98 Å². The van der Waals surface area contributed by atoms with E-state index in [1.807, 2.05) is 13.1 Å². The highest BCUT2D eigenvalue weighted by molar-refractivity contribution is 7.20. The maximum absolute atomic E-state index is 10.2. The van der Waals surface area contributed by atoms with Gasteiger partial charge >= 0.3 is 0 Å². The molecule has 0 atom stereocenters. The van der Waals surface area contributed by atoms with Crippen LogP contribution in [0.4, 0.5) is 0 Å². The number of nitrogens with zero attached hydrogens (tertiary/aromatic N) is 1. The lowest BCUT2D eigenvalue weighted by atomic mass is 9.98. The Bertz CT molecular complexity index is 373. The summed E-state index contributed by atoms with van der Waals surface area (Å²) in [4.78, 5) is 17.2. The van der Waals surface area contributed by atoms with E-state index in [9.17, 15) is 4.80 Å². The fourth-order valence-electron chi connectivity index (χ4n) is 1.54. The van der Waals surface area contributed by atoms with Gasteiger partial charge in [-0.15, -0.1) is 11.3 Å². The Morgan fingerprint density at radius 3 is 2.31 bits per heavy atom. The van der Waals surface area contributed by atoms with Crippen LogP contribution in [-0.2, 0) is 6.42 Å². The largest absolute Gasteiger partial charge is 0.432 e. The first-order valence-electron chi connectivity index (χ1n) is 5.79. The Kier molecular flexibility index (Phi) is 4.08. The molecule has 0 saturated carbocycles. The van der Waals surface area contributed by atoms with Crippen LogP contribution in [0.15, 0.2) is 0 Å². The van der Waals surface area contributed by atoms with Gasteiger partial charge in [-0.3, -0.25) is 4.98 Å². The first-order chi connectivity index (χ1) is 7.13. The van der Waals surface area contributed by atoms with Gasteiger partial charge in [-0.05, 0) is 31.0 Å². The normalized spacial score (nSPS) is 13.1. The van der Waals surface area contributed by atoms with Crippen molar-refractivity contribution in [2.45, 2.75) is 44.8 Å². The van der Waals surface area contributed by atoms with Gasteiger partial charge in [0.05, 0.1) is 0 Å². The van der Waals surface area contributed by atoms with Gasteiger partial charge in [0.2, 0.25) is 0 Å². The molecule has 0 spiro atoms. The van der Waals surface area contributed by atoms with Gasteiger partial charge in [0.15, 0.2) is 24.0 Å². The summed E-state index contributed by atoms with van der Waals surface area (Å²) in [6.45, 7) is 8.42. The fraction of sp³-hybridized carbons (Fsp3) is 0.700. The third-order valence-electron chi connectivity index (χ3n) is 3.63. The summed E-state index contributed by atoms with van der Waals surface area (Å²) in [5, 5.41) is 0.0668. The summed E-state index contributed by atoms with van der Waals surface area (Å²) in [6.07, 6.45) is 2.09. The van der Waals surface area contributed by atoms with E-state index in [-0.39, 0.29) is 5.04 Å². The first kappa shape index (κ1) is 14.0. The van der Waals surface area contributed by atoms with Crippen LogP contribution in [0.2, 0.25) is 18.1 Å². The molecular formula is C10H21B2NOSSi. The summed E-state index contributed by atoms with van der Waals surface area (Å²) in [7, 11) is 2.06. The summed E-state index contributed by atoms with van der Waals surface area (Å²) in [5.41, 5.74) is 1.16. The van der Waals surface area contributed by atoms with Crippen molar-refractivity contribution < 1.29 is 4.80 Å². The van der Waals surface area contributed by atoms with Gasteiger partial charge in [-0.25, -0.2) is 0 Å². The van der Waals surface area contributed by atoms with Crippen molar-refractivity contribution in [3.8, 4) is 0 Å². The molecule has 88 valence electrons. The number of aromatic nitrogens is 1. The lowest BCUT2D eigenvalue weighted by Crippen LogP contribution is -2.39. The zero-order valence-electron chi connectivity index (χ0n) is 11.2. The monoisotopic (exact) mass is 253 g/mol. The Morgan fingerprint density at radius 1 is 1.38 bits per heavy atom. The Balaban J connectivity index is 2.68. The third kappa shape index (κ3) is 3.21. The average molecular weight is 253 g/mol. The van der Waals surface area contributed by atoms with Crippen LogP contribution < -0.4 is 10.5 Å². The molecule has 6 heteroatoms. The van der Waals surface area contributed by atoms with Gasteiger partial charge in [-0.2, -0.15) is 0 Å². The minimum absolute atomic E-state index is 0.0668. The number of aryl methyl sites for hydroxylation is 1. The van der Waals surface area contributed by atoms with E-state index in [2.05, 4.69) is 34.5 Å². The summed E-state index contributed by atoms with van der Waals surface area (Å²) in [6, 6.07) is 0. The summed E-state index contributed by atoms with van der Waals surface area (Å²) < 4.78 is 0. The van der Waals surface area contributed by atoms with Crippen molar-refractivity contribution in [2.75, 3.05) is 0 Å². The minimum atomic E-state index is -2.07. The van der Waals surface area contributed by atoms with E-state index in [4.69, 9.17) is 0 Å². The topological polar surface area (TPSA) is 33.1 Å². The number of thiazole rings is 1. The molecule has 0 aliphatic rings. The Labute approximate surface area is 105 Å². The first-order valence-corrected chi connectivity index (χ1v) is 9.55. The average Bonchev–Trinajstić information content (AvgIpc) is 2.39. The highest BCUT2D eigenvalue weighted by Gasteiger charge is 2.37. The molecule has 0 radical (unpaired) electrons. The van der Waals surface area contributed by atoms with E-state index in [0.717, 1.165) is 23.3 Å². The molecule has 1 aromatic rings. The summed E-state index contributed by atoms with van der Waals surface area (Å²) >= 11 is 1.79. The molecule has 1 aromatic heterocycles. The molecule has 0 aliphatic heterocycles. The van der Waals surface area contributed by atoms with Crippen LogP contribution in [0.1, 0.15) is 25.1 Å². The predicted molar refractivity (Wildman–Crippen MR) is 80.5 cm³/mol. The second-order valence-electron chi connectivity index (χ2n) is 5.68. The third-order valence-corrected chi connectivity index (χ3v) is 8.33. The highest BCUT2D eigenvalue weighted by atomic mass is 32.1. The molecule has 16 heavy (non-hydrogen) atoms. The SMILES string of the molecule is Bc1nc(B)c(CCC(C)(C)[Si](C)(C)O)s1. The molecule has 0 amide bonds. The van der Waals surface area contributed by atoms with Crippen molar-refractivity contribution in [1.29, 1.82) is 0 Å². The smallest absolute Gasteiger partial charge is 0.188 e. The molecule has 0 saturated heterocycles. The van der Waals surface area contributed by atoms with Gasteiger partial charge in [-0.1, -0.05) is 13.8 Å². The van der Waals surface area contributed by atoms with Crippen LogP contribution in [0.25, 0.3) is 0 Å². The maximum atomic E-state index is 10.2. The number of hydrogen-bond donors (Lipinski definition) is 1. The van der Waals surface area contributed by atoms with Gasteiger partial charge in [0.25, 0.3) is 0 Å². The molecule has 0 aliphatic carbocycles. The second kappa shape index (κ2) is 4.67. The van der Waals surface area contributed by atoms with E-state index >= 15 is 0 Å². The molecular weight excluding hydrogens is 232 g/mol. The number of rotatable bonds is 4. The maximum Gasteiger partial charge on any atom is 0.188 e. The van der Waals surface area contributed by atoms with Crippen LogP contribution >= 0.6 is 11.3 Å². The van der Waals surface area contributed by atoms with Crippen LogP contribution in [0, 0.1) is 0 Å². The Morgan fingerprint density at radius 2 is 1.94 bits per heavy atom. The van der Waals surface area contributed by atoms with Crippen molar-refractivity contribution in [3.63, 3.8) is 0 Å². The quantitative estimate of drug-likeness (QED) is 0.739. The van der Waals surface area contributed by atoms with Crippen LogP contribution in [0.5, 0.6) is 0 Å². The second-order valence-corrected chi connectivity index (χ2v) is 11.4. The van der Waals surface area contributed by atoms with E-state index < -0.39 is 8.32 Å². The minimum Gasteiger partial charge on any atom is -0.432 e. The fourth-order valence-corrected chi connectivity index (χ4v) is 3.21. The van der Waals surface area contributed by atoms with Gasteiger partial charge in [0, 0.05) is 15.4 Å². The van der Waals surface area contributed by atoms with Crippen molar-refractivity contribution in [3.05, 3.63) is 4.88 Å². The zero-order chi connectivity index (χ0) is 12.6. The van der Waals surface area contributed by atoms with E-state index in [0.29, 0.717) is 0 Å². The number of hydrogen-bond acceptors (Lipinski definition) is 3. The van der Waals surface area contributed by atoms with Crippen molar-refractivity contribution >= 4 is 45.8 Å². The van der Waals surface area contributed by atoms with Crippen LogP contribution in [0.3, 0.4) is 0 Å². The molecule has 0 unspecified atom stereocenters. The zero-order valence-corrected chi connectivity index (χ0v) is 13.0. The summed E-state index contributed by atoms with van der Waals surface area (Å²) in [5.74, 6) is 0. The highest BCUT2D eigenvalue weighted by Crippen LogP contribution is 2.39. The molecule has 0 bridgehead atoms. The molecule has 1 rings (SSSR count). The standard InChI is InChI=1S/C10H21B2NOSSi/c1-10(2,16(3,4)14)6-5-7-8(11)13-9(12)15-7/h14H,5-6,11-12H2,1-4H3. The molecule has 1 N–H and O–H groups in total.